The lowest BCUT2D eigenvalue weighted by atomic mass is 10.2. The largest absolute Gasteiger partial charge is 0.412 e. The van der Waals surface area contributed by atoms with E-state index in [-0.39, 0.29) is 11.8 Å². The van der Waals surface area contributed by atoms with Gasteiger partial charge in [0.15, 0.2) is 0 Å². The number of hydrogen-bond acceptors (Lipinski definition) is 4. The van der Waals surface area contributed by atoms with E-state index in [1.807, 2.05) is 0 Å². The van der Waals surface area contributed by atoms with E-state index in [0.717, 1.165) is 0 Å². The van der Waals surface area contributed by atoms with E-state index in [1.54, 1.807) is 30.3 Å². The Morgan fingerprint density at radius 2 is 1.91 bits per heavy atom. The molecular formula is C15H9ClFN3O2. The van der Waals surface area contributed by atoms with Crippen LogP contribution in [0.1, 0.15) is 10.7 Å². The van der Waals surface area contributed by atoms with Crippen molar-refractivity contribution in [3.05, 3.63) is 65.3 Å². The van der Waals surface area contributed by atoms with Crippen LogP contribution in [0, 0.1) is 5.82 Å². The molecule has 3 rings (SSSR count). The first-order valence-electron chi connectivity index (χ1n) is 6.28. The van der Waals surface area contributed by atoms with Crippen molar-refractivity contribution >= 4 is 23.2 Å². The molecule has 1 aromatic heterocycles. The first-order valence-corrected chi connectivity index (χ1v) is 6.66. The summed E-state index contributed by atoms with van der Waals surface area (Å²) in [5.74, 6) is -1.13. The summed E-state index contributed by atoms with van der Waals surface area (Å²) in [6.07, 6.45) is 0. The fourth-order valence-corrected chi connectivity index (χ4v) is 1.90. The van der Waals surface area contributed by atoms with Gasteiger partial charge in [-0.15, -0.1) is 10.2 Å². The number of nitrogens with one attached hydrogen (secondary N) is 1. The van der Waals surface area contributed by atoms with Crippen molar-refractivity contribution in [1.29, 1.82) is 0 Å². The maximum atomic E-state index is 13.2. The van der Waals surface area contributed by atoms with Crippen molar-refractivity contribution in [3.63, 3.8) is 0 Å². The monoisotopic (exact) mass is 317 g/mol. The summed E-state index contributed by atoms with van der Waals surface area (Å²) in [5, 5.41) is 10.6. The average Bonchev–Trinajstić information content (AvgIpc) is 3.00. The van der Waals surface area contributed by atoms with Gasteiger partial charge in [-0.3, -0.25) is 4.79 Å². The van der Waals surface area contributed by atoms with Gasteiger partial charge < -0.3 is 9.73 Å². The Balaban J connectivity index is 1.78. The molecule has 0 saturated heterocycles. The van der Waals surface area contributed by atoms with E-state index in [1.165, 1.54) is 18.2 Å². The smallest absolute Gasteiger partial charge is 0.313 e. The molecule has 0 bridgehead atoms. The maximum Gasteiger partial charge on any atom is 0.313 e. The predicted molar refractivity (Wildman–Crippen MR) is 79.1 cm³/mol. The summed E-state index contributed by atoms with van der Waals surface area (Å²) < 4.78 is 18.4. The second-order valence-corrected chi connectivity index (χ2v) is 4.82. The summed E-state index contributed by atoms with van der Waals surface area (Å²) >= 11 is 5.76. The van der Waals surface area contributed by atoms with Crippen LogP contribution in [-0.2, 0) is 0 Å². The predicted octanol–water partition coefficient (Wildman–Crippen LogP) is 3.78. The molecule has 1 heterocycles. The Kier molecular flexibility index (Phi) is 3.84. The zero-order chi connectivity index (χ0) is 15.5. The third-order valence-corrected chi connectivity index (χ3v) is 3.04. The average molecular weight is 318 g/mol. The van der Waals surface area contributed by atoms with Crippen LogP contribution >= 0.6 is 11.6 Å². The highest BCUT2D eigenvalue weighted by Gasteiger charge is 2.16. The van der Waals surface area contributed by atoms with Crippen LogP contribution in [0.2, 0.25) is 5.02 Å². The third-order valence-electron chi connectivity index (χ3n) is 2.79. The lowest BCUT2D eigenvalue weighted by Gasteiger charge is -2.01. The number of benzene rings is 2. The van der Waals surface area contributed by atoms with Crippen molar-refractivity contribution in [3.8, 4) is 11.5 Å². The molecule has 1 N–H and O–H groups in total. The molecule has 0 aliphatic heterocycles. The number of carbonyl (C=O) groups excluding carboxylic acids is 1. The molecule has 0 aliphatic carbocycles. The van der Waals surface area contributed by atoms with Gasteiger partial charge in [0, 0.05) is 16.3 Å². The lowest BCUT2D eigenvalue weighted by molar-refractivity contribution is 0.0991. The molecule has 0 atom stereocenters. The Morgan fingerprint density at radius 1 is 1.14 bits per heavy atom. The summed E-state index contributed by atoms with van der Waals surface area (Å²) in [7, 11) is 0. The summed E-state index contributed by atoms with van der Waals surface area (Å²) in [6, 6.07) is 12.2. The number of nitrogens with zero attached hydrogens (tertiary/aromatic N) is 2. The molecule has 1 amide bonds. The quantitative estimate of drug-likeness (QED) is 0.798. The molecule has 0 fully saturated rings. The number of amides is 1. The van der Waals surface area contributed by atoms with Crippen LogP contribution in [0.25, 0.3) is 11.5 Å². The molecule has 0 spiro atoms. The molecule has 0 aliphatic rings. The van der Waals surface area contributed by atoms with Crippen LogP contribution in [0.15, 0.2) is 52.9 Å². The third kappa shape index (κ3) is 3.12. The minimum atomic E-state index is -0.558. The molecular weight excluding hydrogens is 309 g/mol. The molecule has 2 aromatic carbocycles. The zero-order valence-corrected chi connectivity index (χ0v) is 11.8. The second-order valence-electron chi connectivity index (χ2n) is 4.38. The van der Waals surface area contributed by atoms with Crippen molar-refractivity contribution in [2.75, 3.05) is 5.32 Å². The number of carbonyl (C=O) groups is 1. The number of halogens is 2. The van der Waals surface area contributed by atoms with E-state index < -0.39 is 11.7 Å². The highest BCUT2D eigenvalue weighted by molar-refractivity contribution is 6.30. The van der Waals surface area contributed by atoms with Crippen molar-refractivity contribution in [1.82, 2.24) is 10.2 Å². The maximum absolute atomic E-state index is 13.2. The van der Waals surface area contributed by atoms with Crippen LogP contribution in [0.5, 0.6) is 0 Å². The molecule has 0 unspecified atom stereocenters. The van der Waals surface area contributed by atoms with Gasteiger partial charge in [-0.05, 0) is 42.5 Å². The van der Waals surface area contributed by atoms with Crippen LogP contribution in [0.3, 0.4) is 0 Å². The summed E-state index contributed by atoms with van der Waals surface area (Å²) in [6.45, 7) is 0. The van der Waals surface area contributed by atoms with Crippen LogP contribution < -0.4 is 5.32 Å². The van der Waals surface area contributed by atoms with Crippen molar-refractivity contribution in [2.45, 2.75) is 0 Å². The van der Waals surface area contributed by atoms with Crippen LogP contribution in [0.4, 0.5) is 10.1 Å². The van der Waals surface area contributed by atoms with Gasteiger partial charge in [-0.2, -0.15) is 0 Å². The van der Waals surface area contributed by atoms with E-state index >= 15 is 0 Å². The molecule has 7 heteroatoms. The zero-order valence-electron chi connectivity index (χ0n) is 11.1. The van der Waals surface area contributed by atoms with Gasteiger partial charge in [0.05, 0.1) is 0 Å². The number of hydrogen-bond donors (Lipinski definition) is 1. The fraction of sp³-hybridized carbons (Fsp3) is 0. The Hall–Kier alpha value is -2.73. The SMILES string of the molecule is O=C(Nc1ccc(Cl)cc1)c1nnc(-c2cccc(F)c2)o1. The Morgan fingerprint density at radius 3 is 2.64 bits per heavy atom. The highest BCUT2D eigenvalue weighted by Crippen LogP contribution is 2.19. The van der Waals surface area contributed by atoms with Crippen molar-refractivity contribution < 1.29 is 13.6 Å². The lowest BCUT2D eigenvalue weighted by Crippen LogP contribution is -2.12. The molecule has 3 aromatic rings. The molecule has 22 heavy (non-hydrogen) atoms. The molecule has 0 saturated carbocycles. The topological polar surface area (TPSA) is 68.0 Å². The van der Waals surface area contributed by atoms with Gasteiger partial charge in [-0.25, -0.2) is 4.39 Å². The minimum Gasteiger partial charge on any atom is -0.412 e. The van der Waals surface area contributed by atoms with E-state index in [2.05, 4.69) is 15.5 Å². The summed E-state index contributed by atoms with van der Waals surface area (Å²) in [4.78, 5) is 12.0. The van der Waals surface area contributed by atoms with E-state index in [0.29, 0.717) is 16.3 Å². The van der Waals surface area contributed by atoms with Crippen LogP contribution in [-0.4, -0.2) is 16.1 Å². The first kappa shape index (κ1) is 14.2. The number of rotatable bonds is 3. The van der Waals surface area contributed by atoms with Gasteiger partial charge in [-0.1, -0.05) is 17.7 Å². The molecule has 110 valence electrons. The fourth-order valence-electron chi connectivity index (χ4n) is 1.77. The highest BCUT2D eigenvalue weighted by atomic mass is 35.5. The first-order chi connectivity index (χ1) is 10.6. The normalized spacial score (nSPS) is 10.5. The second kappa shape index (κ2) is 5.95. The van der Waals surface area contributed by atoms with Gasteiger partial charge >= 0.3 is 11.8 Å². The number of anilines is 1. The minimum absolute atomic E-state index is 0.0701. The van der Waals surface area contributed by atoms with Gasteiger partial charge in [0.2, 0.25) is 5.89 Å². The van der Waals surface area contributed by atoms with E-state index in [4.69, 9.17) is 16.0 Å². The van der Waals surface area contributed by atoms with Gasteiger partial charge in [0.1, 0.15) is 5.82 Å². The standard InChI is InChI=1S/C15H9ClFN3O2/c16-10-4-6-12(7-5-10)18-13(21)15-20-19-14(22-15)9-2-1-3-11(17)8-9/h1-8H,(H,18,21). The Labute approximate surface area is 129 Å². The molecule has 5 nitrogen and oxygen atoms in total. The summed E-state index contributed by atoms with van der Waals surface area (Å²) in [5.41, 5.74) is 0.943. The Bertz CT molecular complexity index is 818. The number of aromatic nitrogens is 2. The van der Waals surface area contributed by atoms with E-state index in [9.17, 15) is 9.18 Å². The van der Waals surface area contributed by atoms with Crippen molar-refractivity contribution in [2.24, 2.45) is 0 Å². The molecule has 0 radical (unpaired) electrons. The van der Waals surface area contributed by atoms with Gasteiger partial charge in [0.25, 0.3) is 0 Å².